The van der Waals surface area contributed by atoms with E-state index in [1.807, 2.05) is 18.4 Å². The van der Waals surface area contributed by atoms with Gasteiger partial charge in [0.25, 0.3) is 0 Å². The Bertz CT molecular complexity index is 280. The summed E-state index contributed by atoms with van der Waals surface area (Å²) < 4.78 is 1.93. The van der Waals surface area contributed by atoms with Crippen LogP contribution in [0.5, 0.6) is 0 Å². The maximum atomic E-state index is 8.65. The van der Waals surface area contributed by atoms with Crippen LogP contribution in [0.3, 0.4) is 0 Å². The Morgan fingerprint density at radius 3 is 2.82 bits per heavy atom. The van der Waals surface area contributed by atoms with E-state index < -0.39 is 0 Å². The van der Waals surface area contributed by atoms with Crippen LogP contribution in [-0.2, 0) is 13.0 Å². The lowest BCUT2D eigenvalue weighted by atomic mass is 10.4. The van der Waals surface area contributed by atoms with Gasteiger partial charge in [0.1, 0.15) is 17.6 Å². The van der Waals surface area contributed by atoms with Crippen LogP contribution in [0.15, 0.2) is 6.20 Å². The molecule has 58 valence electrons. The lowest BCUT2D eigenvalue weighted by Gasteiger charge is -2.01. The summed E-state index contributed by atoms with van der Waals surface area (Å²) in [6, 6.07) is 2.10. The summed E-state index contributed by atoms with van der Waals surface area (Å²) in [4.78, 5) is 4.12. The van der Waals surface area contributed by atoms with E-state index in [1.54, 1.807) is 6.20 Å². The Hall–Kier alpha value is -1.30. The molecule has 0 aliphatic carbocycles. The molecule has 1 aromatic heterocycles. The van der Waals surface area contributed by atoms with Crippen molar-refractivity contribution in [2.75, 3.05) is 0 Å². The SMILES string of the molecule is CCc1ncc(C#N)n1CC. The smallest absolute Gasteiger partial charge is 0.140 e. The number of hydrogen-bond donors (Lipinski definition) is 0. The van der Waals surface area contributed by atoms with Gasteiger partial charge in [0, 0.05) is 13.0 Å². The fourth-order valence-electron chi connectivity index (χ4n) is 1.14. The van der Waals surface area contributed by atoms with E-state index >= 15 is 0 Å². The molecule has 0 radical (unpaired) electrons. The van der Waals surface area contributed by atoms with Crippen LogP contribution in [-0.4, -0.2) is 9.55 Å². The molecule has 1 heterocycles. The van der Waals surface area contributed by atoms with Crippen LogP contribution < -0.4 is 0 Å². The predicted octanol–water partition coefficient (Wildman–Crippen LogP) is 1.34. The van der Waals surface area contributed by atoms with Gasteiger partial charge in [-0.2, -0.15) is 5.26 Å². The number of nitriles is 1. The average molecular weight is 149 g/mol. The fourth-order valence-corrected chi connectivity index (χ4v) is 1.14. The van der Waals surface area contributed by atoms with Crippen molar-refractivity contribution in [3.05, 3.63) is 17.7 Å². The lowest BCUT2D eigenvalue weighted by molar-refractivity contribution is 0.697. The molecule has 0 aromatic carbocycles. The summed E-state index contributed by atoms with van der Waals surface area (Å²) in [5.41, 5.74) is 0.657. The Morgan fingerprint density at radius 2 is 2.36 bits per heavy atom. The van der Waals surface area contributed by atoms with Gasteiger partial charge in [-0.3, -0.25) is 0 Å². The van der Waals surface area contributed by atoms with Crippen LogP contribution in [0.4, 0.5) is 0 Å². The third kappa shape index (κ3) is 1.25. The highest BCUT2D eigenvalue weighted by atomic mass is 15.1. The Balaban J connectivity index is 3.12. The third-order valence-corrected chi connectivity index (χ3v) is 1.69. The maximum Gasteiger partial charge on any atom is 0.140 e. The second-order valence-corrected chi connectivity index (χ2v) is 2.27. The zero-order chi connectivity index (χ0) is 8.27. The quantitative estimate of drug-likeness (QED) is 0.636. The minimum atomic E-state index is 0.657. The first-order valence-electron chi connectivity index (χ1n) is 3.78. The molecule has 0 aliphatic rings. The van der Waals surface area contributed by atoms with Gasteiger partial charge < -0.3 is 4.57 Å². The summed E-state index contributed by atoms with van der Waals surface area (Å²) in [6.07, 6.45) is 2.51. The highest BCUT2D eigenvalue weighted by Crippen LogP contribution is 2.04. The van der Waals surface area contributed by atoms with Crippen molar-refractivity contribution < 1.29 is 0 Å². The highest BCUT2D eigenvalue weighted by molar-refractivity contribution is 5.20. The molecule has 3 heteroatoms. The molecule has 0 saturated heterocycles. The normalized spacial score (nSPS) is 9.55. The van der Waals surface area contributed by atoms with Crippen molar-refractivity contribution in [3.63, 3.8) is 0 Å². The standard InChI is InChI=1S/C8H11N3/c1-3-8-10-6-7(5-9)11(8)4-2/h6H,3-4H2,1-2H3. The van der Waals surface area contributed by atoms with Crippen LogP contribution in [0.1, 0.15) is 25.4 Å². The second-order valence-electron chi connectivity index (χ2n) is 2.27. The van der Waals surface area contributed by atoms with Gasteiger partial charge >= 0.3 is 0 Å². The summed E-state index contributed by atoms with van der Waals surface area (Å²) >= 11 is 0. The summed E-state index contributed by atoms with van der Waals surface area (Å²) in [5, 5.41) is 8.65. The van der Waals surface area contributed by atoms with E-state index in [2.05, 4.69) is 11.1 Å². The zero-order valence-corrected chi connectivity index (χ0v) is 6.83. The van der Waals surface area contributed by atoms with Gasteiger partial charge in [0.2, 0.25) is 0 Å². The molecule has 0 aliphatic heterocycles. The van der Waals surface area contributed by atoms with Crippen molar-refractivity contribution in [1.82, 2.24) is 9.55 Å². The molecule has 3 nitrogen and oxygen atoms in total. The van der Waals surface area contributed by atoms with Crippen LogP contribution in [0.2, 0.25) is 0 Å². The monoisotopic (exact) mass is 149 g/mol. The van der Waals surface area contributed by atoms with Crippen molar-refractivity contribution in [2.24, 2.45) is 0 Å². The molecule has 0 bridgehead atoms. The van der Waals surface area contributed by atoms with Gasteiger partial charge in [-0.05, 0) is 6.92 Å². The Morgan fingerprint density at radius 1 is 1.64 bits per heavy atom. The summed E-state index contributed by atoms with van der Waals surface area (Å²) in [7, 11) is 0. The zero-order valence-electron chi connectivity index (χ0n) is 6.83. The van der Waals surface area contributed by atoms with Crippen molar-refractivity contribution in [1.29, 1.82) is 5.26 Å². The molecule has 1 aromatic rings. The number of aryl methyl sites for hydroxylation is 1. The molecule has 1 rings (SSSR count). The first-order chi connectivity index (χ1) is 5.33. The Kier molecular flexibility index (Phi) is 2.27. The van der Waals surface area contributed by atoms with Crippen molar-refractivity contribution in [2.45, 2.75) is 26.8 Å². The number of hydrogen-bond acceptors (Lipinski definition) is 2. The number of imidazole rings is 1. The van der Waals surface area contributed by atoms with E-state index in [9.17, 15) is 0 Å². The largest absolute Gasteiger partial charge is 0.320 e. The minimum absolute atomic E-state index is 0.657. The highest BCUT2D eigenvalue weighted by Gasteiger charge is 2.04. The summed E-state index contributed by atoms with van der Waals surface area (Å²) in [6.45, 7) is 4.88. The number of aromatic nitrogens is 2. The first kappa shape index (κ1) is 7.80. The van der Waals surface area contributed by atoms with Gasteiger partial charge in [0.15, 0.2) is 0 Å². The second kappa shape index (κ2) is 3.20. The minimum Gasteiger partial charge on any atom is -0.320 e. The lowest BCUT2D eigenvalue weighted by Crippen LogP contribution is -2.02. The molecule has 11 heavy (non-hydrogen) atoms. The van der Waals surface area contributed by atoms with Crippen LogP contribution >= 0.6 is 0 Å². The fraction of sp³-hybridized carbons (Fsp3) is 0.500. The maximum absolute atomic E-state index is 8.65. The van der Waals surface area contributed by atoms with Crippen molar-refractivity contribution in [3.8, 4) is 6.07 Å². The van der Waals surface area contributed by atoms with E-state index in [4.69, 9.17) is 5.26 Å². The molecule has 0 amide bonds. The van der Waals surface area contributed by atoms with Crippen LogP contribution in [0, 0.1) is 11.3 Å². The third-order valence-electron chi connectivity index (χ3n) is 1.69. The van der Waals surface area contributed by atoms with Crippen LogP contribution in [0.25, 0.3) is 0 Å². The molecule has 0 unspecified atom stereocenters. The van der Waals surface area contributed by atoms with Gasteiger partial charge in [-0.15, -0.1) is 0 Å². The van der Waals surface area contributed by atoms with E-state index in [0.29, 0.717) is 5.69 Å². The molecular weight excluding hydrogens is 138 g/mol. The molecule has 0 atom stereocenters. The van der Waals surface area contributed by atoms with Gasteiger partial charge in [0.05, 0.1) is 6.20 Å². The topological polar surface area (TPSA) is 41.6 Å². The van der Waals surface area contributed by atoms with Gasteiger partial charge in [-0.1, -0.05) is 6.92 Å². The molecule has 0 saturated carbocycles. The van der Waals surface area contributed by atoms with Crippen molar-refractivity contribution >= 4 is 0 Å². The molecule has 0 N–H and O–H groups in total. The van der Waals surface area contributed by atoms with E-state index in [-0.39, 0.29) is 0 Å². The summed E-state index contributed by atoms with van der Waals surface area (Å²) in [5.74, 6) is 0.990. The first-order valence-corrected chi connectivity index (χ1v) is 3.78. The molecule has 0 spiro atoms. The van der Waals surface area contributed by atoms with Gasteiger partial charge in [-0.25, -0.2) is 4.98 Å². The van der Waals surface area contributed by atoms with E-state index in [0.717, 1.165) is 18.8 Å². The molecule has 0 fully saturated rings. The average Bonchev–Trinajstić information content (AvgIpc) is 2.45. The van der Waals surface area contributed by atoms with E-state index in [1.165, 1.54) is 0 Å². The Labute approximate surface area is 66.3 Å². The molecular formula is C8H11N3. The number of rotatable bonds is 2. The predicted molar refractivity (Wildman–Crippen MR) is 42.0 cm³/mol. The number of nitrogens with zero attached hydrogens (tertiary/aromatic N) is 3.